The Morgan fingerprint density at radius 3 is 2.43 bits per heavy atom. The molecule has 0 radical (unpaired) electrons. The van der Waals surface area contributed by atoms with Gasteiger partial charge in [0.1, 0.15) is 5.56 Å². The topological polar surface area (TPSA) is 68.5 Å². The predicted molar refractivity (Wildman–Crippen MR) is 84.9 cm³/mol. The third kappa shape index (κ3) is 3.18. The van der Waals surface area contributed by atoms with Gasteiger partial charge in [0.2, 0.25) is 5.43 Å². The highest BCUT2D eigenvalue weighted by Gasteiger charge is 2.28. The number of halogens is 3. The second-order valence-electron chi connectivity index (χ2n) is 4.79. The fraction of sp³-hybridized carbons (Fsp3) is 0.286. The number of carbonyl (C=O) groups is 1. The molecule has 5 nitrogen and oxygen atoms in total. The quantitative estimate of drug-likeness (QED) is 0.861. The highest BCUT2D eigenvalue weighted by atomic mass is 19.1. The Morgan fingerprint density at radius 1 is 1.35 bits per heavy atom. The minimum Gasteiger partial charge on any atom is -0.492 e. The van der Waals surface area contributed by atoms with Gasteiger partial charge in [0.15, 0.2) is 11.6 Å². The first kappa shape index (κ1) is 20.6. The van der Waals surface area contributed by atoms with E-state index < -0.39 is 17.2 Å². The molecule has 1 heterocycles. The number of carboxylic acids is 1. The van der Waals surface area contributed by atoms with Crippen molar-refractivity contribution in [3.8, 4) is 5.75 Å². The minimum absolute atomic E-state index is 0. The highest BCUT2D eigenvalue weighted by molar-refractivity contribution is 5.94. The number of hydrogen-bond donors (Lipinski definition) is 1. The summed E-state index contributed by atoms with van der Waals surface area (Å²) in [5.41, 5.74) is -0.606. The van der Waals surface area contributed by atoms with E-state index in [1.807, 2.05) is 0 Å². The smallest absolute Gasteiger partial charge is 0.341 e. The van der Waals surface area contributed by atoms with Gasteiger partial charge in [0.05, 0.1) is 26.4 Å². The molecule has 1 aromatic heterocycles. The number of carboxylic acid groups (broad SMARTS) is 1. The van der Waals surface area contributed by atoms with Crippen LogP contribution in [-0.2, 0) is 0 Å². The molecular weight excluding hydrogens is 314 g/mol. The van der Waals surface area contributed by atoms with Gasteiger partial charge in [-0.15, -0.1) is 0 Å². The normalized spacial score (nSPS) is 12.6. The summed E-state index contributed by atoms with van der Waals surface area (Å²) in [5, 5.41) is 9.28. The van der Waals surface area contributed by atoms with Crippen LogP contribution in [0.5, 0.6) is 5.75 Å². The van der Waals surface area contributed by atoms with Gasteiger partial charge < -0.3 is 14.4 Å². The molecular formula is C14H17BF3NO4. The number of hydrogen-bond acceptors (Lipinski definition) is 3. The standard InChI is InChI=1S/C14H12FNO4.BH3.2FH/c1-20-13-10(15)5-4-8-11(13)16(7-2-3-7)6-9(12(8)17)14(18)19;;;/h4-7H,2-3H2,1H3,(H,18,19);1H3;2*1H. The van der Waals surface area contributed by atoms with E-state index in [9.17, 15) is 14.0 Å². The van der Waals surface area contributed by atoms with E-state index in [2.05, 4.69) is 0 Å². The molecule has 0 aliphatic heterocycles. The summed E-state index contributed by atoms with van der Waals surface area (Å²) in [4.78, 5) is 23.3. The van der Waals surface area contributed by atoms with Crippen LogP contribution in [0.1, 0.15) is 29.2 Å². The molecule has 2 aromatic rings. The third-order valence-electron chi connectivity index (χ3n) is 3.47. The average Bonchev–Trinajstić information content (AvgIpc) is 3.23. The van der Waals surface area contributed by atoms with Crippen molar-refractivity contribution in [1.29, 1.82) is 0 Å². The van der Waals surface area contributed by atoms with Gasteiger partial charge in [0.25, 0.3) is 0 Å². The van der Waals surface area contributed by atoms with Gasteiger partial charge in [-0.05, 0) is 25.0 Å². The zero-order valence-corrected chi connectivity index (χ0v) is 11.5. The molecule has 1 aromatic carbocycles. The first-order chi connectivity index (χ1) is 9.54. The zero-order chi connectivity index (χ0) is 14.4. The summed E-state index contributed by atoms with van der Waals surface area (Å²) in [7, 11) is 1.32. The van der Waals surface area contributed by atoms with Gasteiger partial charge in [-0.2, -0.15) is 0 Å². The van der Waals surface area contributed by atoms with E-state index >= 15 is 0 Å². The van der Waals surface area contributed by atoms with Gasteiger partial charge in [-0.1, -0.05) is 0 Å². The Hall–Kier alpha value is -2.45. The number of benzene rings is 1. The molecule has 1 N–H and O–H groups in total. The molecule has 3 rings (SSSR count). The molecule has 23 heavy (non-hydrogen) atoms. The Bertz CT molecular complexity index is 790. The van der Waals surface area contributed by atoms with Crippen LogP contribution in [0, 0.1) is 5.82 Å². The minimum atomic E-state index is -1.28. The molecule has 0 saturated heterocycles. The molecule has 0 unspecified atom stereocenters. The lowest BCUT2D eigenvalue weighted by molar-refractivity contribution is 0.0695. The first-order valence-electron chi connectivity index (χ1n) is 6.19. The van der Waals surface area contributed by atoms with E-state index in [-0.39, 0.29) is 40.6 Å². The van der Waals surface area contributed by atoms with E-state index in [0.717, 1.165) is 18.9 Å². The lowest BCUT2D eigenvalue weighted by atomic mass is 10.1. The second kappa shape index (κ2) is 7.21. The van der Waals surface area contributed by atoms with Crippen LogP contribution in [0.15, 0.2) is 23.1 Å². The van der Waals surface area contributed by atoms with Crippen LogP contribution in [0.2, 0.25) is 0 Å². The number of nitrogens with zero attached hydrogens (tertiary/aromatic N) is 1. The number of aromatic nitrogens is 1. The van der Waals surface area contributed by atoms with Crippen molar-refractivity contribution < 1.29 is 28.4 Å². The van der Waals surface area contributed by atoms with Crippen LogP contribution in [0.4, 0.5) is 13.8 Å². The maximum Gasteiger partial charge on any atom is 0.341 e. The molecule has 0 atom stereocenters. The first-order valence-corrected chi connectivity index (χ1v) is 6.19. The number of methoxy groups -OCH3 is 1. The summed E-state index contributed by atoms with van der Waals surface area (Å²) in [6.07, 6.45) is 3.03. The molecule has 1 fully saturated rings. The zero-order valence-electron chi connectivity index (χ0n) is 11.5. The van der Waals surface area contributed by atoms with Gasteiger partial charge in [0, 0.05) is 12.2 Å². The Morgan fingerprint density at radius 2 is 1.96 bits per heavy atom. The van der Waals surface area contributed by atoms with Crippen LogP contribution >= 0.6 is 0 Å². The number of aromatic carboxylic acids is 1. The Kier molecular flexibility index (Phi) is 6.44. The predicted octanol–water partition coefficient (Wildman–Crippen LogP) is 1.30. The van der Waals surface area contributed by atoms with Crippen LogP contribution in [0.3, 0.4) is 0 Å². The van der Waals surface area contributed by atoms with Gasteiger partial charge in [-0.25, -0.2) is 9.18 Å². The molecule has 0 amide bonds. The molecule has 0 spiro atoms. The fourth-order valence-corrected chi connectivity index (χ4v) is 2.38. The Labute approximate surface area is 131 Å². The van der Waals surface area contributed by atoms with E-state index in [1.54, 1.807) is 4.57 Å². The summed E-state index contributed by atoms with van der Waals surface area (Å²) in [6.45, 7) is 0. The molecule has 126 valence electrons. The van der Waals surface area contributed by atoms with Crippen molar-refractivity contribution in [2.75, 3.05) is 7.11 Å². The maximum absolute atomic E-state index is 13.8. The number of pyridine rings is 1. The lowest BCUT2D eigenvalue weighted by Gasteiger charge is -2.14. The van der Waals surface area contributed by atoms with E-state index in [4.69, 9.17) is 9.84 Å². The SMILES string of the molecule is B.COc1c(F)ccc2c(=O)c(C(=O)O)cn(C3CC3)c12.F.F. The largest absolute Gasteiger partial charge is 0.492 e. The summed E-state index contributed by atoms with van der Waals surface area (Å²) >= 11 is 0. The van der Waals surface area contributed by atoms with Crippen LogP contribution in [-0.4, -0.2) is 31.2 Å². The number of rotatable bonds is 3. The molecule has 1 saturated carbocycles. The number of ether oxygens (including phenoxy) is 1. The van der Waals surface area contributed by atoms with Crippen molar-refractivity contribution in [1.82, 2.24) is 4.57 Å². The molecule has 0 bridgehead atoms. The average molecular weight is 331 g/mol. The maximum atomic E-state index is 13.8. The summed E-state index contributed by atoms with van der Waals surface area (Å²) in [6, 6.07) is 2.51. The fourth-order valence-electron chi connectivity index (χ4n) is 2.38. The van der Waals surface area contributed by atoms with Crippen molar-refractivity contribution in [2.24, 2.45) is 0 Å². The highest BCUT2D eigenvalue weighted by Crippen LogP contribution is 2.39. The van der Waals surface area contributed by atoms with E-state index in [1.165, 1.54) is 19.4 Å². The molecule has 1 aliphatic rings. The molecule has 1 aliphatic carbocycles. The van der Waals surface area contributed by atoms with Gasteiger partial charge >= 0.3 is 5.97 Å². The Balaban J connectivity index is 0.00000161. The second-order valence-corrected chi connectivity index (χ2v) is 4.79. The van der Waals surface area contributed by atoms with Crippen LogP contribution < -0.4 is 10.2 Å². The third-order valence-corrected chi connectivity index (χ3v) is 3.47. The number of fused-ring (bicyclic) bond motifs is 1. The van der Waals surface area contributed by atoms with Crippen molar-refractivity contribution >= 4 is 25.3 Å². The summed E-state index contributed by atoms with van der Waals surface area (Å²) < 4.78 is 20.5. The molecule has 9 heteroatoms. The monoisotopic (exact) mass is 331 g/mol. The van der Waals surface area contributed by atoms with Crippen LogP contribution in [0.25, 0.3) is 10.9 Å². The van der Waals surface area contributed by atoms with E-state index in [0.29, 0.717) is 5.52 Å². The van der Waals surface area contributed by atoms with Crippen molar-refractivity contribution in [3.63, 3.8) is 0 Å². The lowest BCUT2D eigenvalue weighted by Crippen LogP contribution is -2.19. The van der Waals surface area contributed by atoms with Crippen molar-refractivity contribution in [3.05, 3.63) is 39.9 Å². The summed E-state index contributed by atoms with van der Waals surface area (Å²) in [5.74, 6) is -1.88. The van der Waals surface area contributed by atoms with Gasteiger partial charge in [-0.3, -0.25) is 14.2 Å². The van der Waals surface area contributed by atoms with Crippen molar-refractivity contribution in [2.45, 2.75) is 18.9 Å².